The number of benzene rings is 2. The molecule has 4 heteroatoms. The molecule has 1 N–H and O–H groups in total. The third-order valence-corrected chi connectivity index (χ3v) is 5.34. The molecule has 0 bridgehead atoms. The maximum Gasteiger partial charge on any atom is 0.122 e. The van der Waals surface area contributed by atoms with Crippen LogP contribution < -0.4 is 14.8 Å². The Morgan fingerprint density at radius 1 is 1.11 bits per heavy atom. The minimum Gasteiger partial charge on any atom is -0.496 e. The van der Waals surface area contributed by atoms with E-state index in [1.54, 1.807) is 7.11 Å². The van der Waals surface area contributed by atoms with Crippen LogP contribution in [0.4, 0.5) is 0 Å². The summed E-state index contributed by atoms with van der Waals surface area (Å²) in [4.78, 5) is 2.13. The lowest BCUT2D eigenvalue weighted by Crippen LogP contribution is -2.31. The van der Waals surface area contributed by atoms with Crippen LogP contribution in [0.5, 0.6) is 11.5 Å². The van der Waals surface area contributed by atoms with E-state index in [1.165, 1.54) is 22.3 Å². The molecule has 1 aliphatic heterocycles. The summed E-state index contributed by atoms with van der Waals surface area (Å²) < 4.78 is 11.6. The lowest BCUT2D eigenvalue weighted by molar-refractivity contribution is 0.261. The SMILES string of the molecule is COc1ccc(C2NCCc3cc(OCCN(C)C)ccc32)cc1C(C)(C)C. The van der Waals surface area contributed by atoms with Gasteiger partial charge in [0.2, 0.25) is 0 Å². The van der Waals surface area contributed by atoms with E-state index in [0.717, 1.165) is 31.0 Å². The van der Waals surface area contributed by atoms with Crippen LogP contribution >= 0.6 is 0 Å². The molecule has 0 amide bonds. The maximum absolute atomic E-state index is 5.94. The largest absolute Gasteiger partial charge is 0.496 e. The number of fused-ring (bicyclic) bond motifs is 1. The summed E-state index contributed by atoms with van der Waals surface area (Å²) in [7, 11) is 5.87. The summed E-state index contributed by atoms with van der Waals surface area (Å²) in [5.41, 5.74) is 5.27. The molecule has 0 saturated carbocycles. The van der Waals surface area contributed by atoms with E-state index in [4.69, 9.17) is 9.47 Å². The lowest BCUT2D eigenvalue weighted by Gasteiger charge is -2.30. The Kier molecular flexibility index (Phi) is 6.31. The van der Waals surface area contributed by atoms with Crippen LogP contribution in [0.25, 0.3) is 0 Å². The van der Waals surface area contributed by atoms with Gasteiger partial charge in [0.25, 0.3) is 0 Å². The molecule has 1 atom stereocenters. The van der Waals surface area contributed by atoms with Gasteiger partial charge in [-0.25, -0.2) is 0 Å². The average molecular weight is 383 g/mol. The average Bonchev–Trinajstić information content (AvgIpc) is 2.66. The van der Waals surface area contributed by atoms with Crippen molar-refractivity contribution >= 4 is 0 Å². The molecule has 28 heavy (non-hydrogen) atoms. The van der Waals surface area contributed by atoms with E-state index in [1.807, 2.05) is 0 Å². The van der Waals surface area contributed by atoms with Gasteiger partial charge in [-0.2, -0.15) is 0 Å². The number of nitrogens with zero attached hydrogens (tertiary/aromatic N) is 1. The van der Waals surface area contributed by atoms with Gasteiger partial charge < -0.3 is 19.7 Å². The van der Waals surface area contributed by atoms with Gasteiger partial charge in [0.15, 0.2) is 0 Å². The molecule has 2 aromatic rings. The van der Waals surface area contributed by atoms with Crippen LogP contribution in [0.1, 0.15) is 49.1 Å². The number of rotatable bonds is 6. The summed E-state index contributed by atoms with van der Waals surface area (Å²) in [6, 6.07) is 13.3. The third kappa shape index (κ3) is 4.68. The second-order valence-electron chi connectivity index (χ2n) is 8.86. The van der Waals surface area contributed by atoms with Crippen molar-refractivity contribution < 1.29 is 9.47 Å². The molecule has 3 rings (SSSR count). The highest BCUT2D eigenvalue weighted by Crippen LogP contribution is 2.37. The monoisotopic (exact) mass is 382 g/mol. The molecule has 0 radical (unpaired) electrons. The molecule has 4 nitrogen and oxygen atoms in total. The number of ether oxygens (including phenoxy) is 2. The first-order chi connectivity index (χ1) is 13.3. The van der Waals surface area contributed by atoms with Crippen molar-refractivity contribution in [3.63, 3.8) is 0 Å². The predicted molar refractivity (Wildman–Crippen MR) is 116 cm³/mol. The zero-order valence-electron chi connectivity index (χ0n) is 18.1. The quantitative estimate of drug-likeness (QED) is 0.813. The van der Waals surface area contributed by atoms with Crippen molar-refractivity contribution in [1.29, 1.82) is 0 Å². The van der Waals surface area contributed by atoms with Crippen LogP contribution in [-0.4, -0.2) is 45.8 Å². The fourth-order valence-electron chi connectivity index (χ4n) is 3.77. The molecule has 1 aliphatic rings. The minimum atomic E-state index is 0.0307. The molecule has 0 aromatic heterocycles. The van der Waals surface area contributed by atoms with Crippen molar-refractivity contribution in [2.75, 3.05) is 40.9 Å². The Hall–Kier alpha value is -2.04. The van der Waals surface area contributed by atoms with Crippen molar-refractivity contribution in [3.8, 4) is 11.5 Å². The van der Waals surface area contributed by atoms with Crippen LogP contribution in [-0.2, 0) is 11.8 Å². The number of hydrogen-bond donors (Lipinski definition) is 1. The fourth-order valence-corrected chi connectivity index (χ4v) is 3.77. The summed E-state index contributed by atoms with van der Waals surface area (Å²) in [5, 5.41) is 3.70. The summed E-state index contributed by atoms with van der Waals surface area (Å²) in [6.45, 7) is 9.29. The first kappa shape index (κ1) is 20.7. The highest BCUT2D eigenvalue weighted by molar-refractivity contribution is 5.48. The fraction of sp³-hybridized carbons (Fsp3) is 0.500. The van der Waals surface area contributed by atoms with Crippen molar-refractivity contribution in [1.82, 2.24) is 10.2 Å². The first-order valence-electron chi connectivity index (χ1n) is 10.1. The van der Waals surface area contributed by atoms with E-state index < -0.39 is 0 Å². The van der Waals surface area contributed by atoms with Crippen molar-refractivity contribution in [3.05, 3.63) is 58.7 Å². The van der Waals surface area contributed by atoms with Crippen LogP contribution in [0.15, 0.2) is 36.4 Å². The second-order valence-corrected chi connectivity index (χ2v) is 8.86. The Morgan fingerprint density at radius 3 is 2.57 bits per heavy atom. The lowest BCUT2D eigenvalue weighted by atomic mass is 9.82. The normalized spacial score (nSPS) is 16.8. The van der Waals surface area contributed by atoms with Crippen LogP contribution in [0.3, 0.4) is 0 Å². The Bertz CT molecular complexity index is 809. The Labute approximate surface area is 169 Å². The van der Waals surface area contributed by atoms with Gasteiger partial charge in [0.05, 0.1) is 13.2 Å². The van der Waals surface area contributed by atoms with Crippen LogP contribution in [0.2, 0.25) is 0 Å². The molecule has 0 spiro atoms. The second kappa shape index (κ2) is 8.54. The van der Waals surface area contributed by atoms with Crippen LogP contribution in [0, 0.1) is 0 Å². The number of hydrogen-bond acceptors (Lipinski definition) is 4. The molecular formula is C24H34N2O2. The van der Waals surface area contributed by atoms with Gasteiger partial charge in [-0.05, 0) is 72.5 Å². The van der Waals surface area contributed by atoms with Gasteiger partial charge in [0, 0.05) is 13.1 Å². The topological polar surface area (TPSA) is 33.7 Å². The number of nitrogens with one attached hydrogen (secondary N) is 1. The molecule has 1 heterocycles. The maximum atomic E-state index is 5.94. The number of likely N-dealkylation sites (N-methyl/N-ethyl adjacent to an activating group) is 1. The zero-order valence-corrected chi connectivity index (χ0v) is 18.1. The van der Waals surface area contributed by atoms with Crippen molar-refractivity contribution in [2.45, 2.75) is 38.6 Å². The molecule has 0 aliphatic carbocycles. The Morgan fingerprint density at radius 2 is 1.89 bits per heavy atom. The van der Waals surface area contributed by atoms with Crippen molar-refractivity contribution in [2.24, 2.45) is 0 Å². The third-order valence-electron chi connectivity index (χ3n) is 5.34. The van der Waals surface area contributed by atoms with E-state index in [9.17, 15) is 0 Å². The molecule has 1 unspecified atom stereocenters. The van der Waals surface area contributed by atoms with Gasteiger partial charge in [-0.1, -0.05) is 32.9 Å². The molecule has 0 fully saturated rings. The molecule has 152 valence electrons. The first-order valence-corrected chi connectivity index (χ1v) is 10.1. The predicted octanol–water partition coefficient (Wildman–Crippen LogP) is 4.17. The zero-order chi connectivity index (χ0) is 20.3. The van der Waals surface area contributed by atoms with Gasteiger partial charge >= 0.3 is 0 Å². The summed E-state index contributed by atoms with van der Waals surface area (Å²) in [6.07, 6.45) is 1.03. The minimum absolute atomic E-state index is 0.0307. The standard InChI is InChI=1S/C24H34N2O2/c1-24(2,3)21-16-18(7-10-22(21)27-6)23-20-9-8-19(28-14-13-26(4)5)15-17(20)11-12-25-23/h7-10,15-16,23,25H,11-14H2,1-6H3. The van der Waals surface area contributed by atoms with E-state index in [2.05, 4.69) is 81.5 Å². The smallest absolute Gasteiger partial charge is 0.122 e. The van der Waals surface area contributed by atoms with E-state index in [-0.39, 0.29) is 11.5 Å². The van der Waals surface area contributed by atoms with Gasteiger partial charge in [-0.15, -0.1) is 0 Å². The van der Waals surface area contributed by atoms with E-state index in [0.29, 0.717) is 6.61 Å². The molecule has 0 saturated heterocycles. The van der Waals surface area contributed by atoms with Gasteiger partial charge in [0.1, 0.15) is 18.1 Å². The molecular weight excluding hydrogens is 348 g/mol. The number of methoxy groups -OCH3 is 1. The Balaban J connectivity index is 1.88. The summed E-state index contributed by atoms with van der Waals surface area (Å²) in [5.74, 6) is 1.92. The van der Waals surface area contributed by atoms with Gasteiger partial charge in [-0.3, -0.25) is 0 Å². The van der Waals surface area contributed by atoms with E-state index >= 15 is 0 Å². The highest BCUT2D eigenvalue weighted by Gasteiger charge is 2.25. The highest BCUT2D eigenvalue weighted by atomic mass is 16.5. The summed E-state index contributed by atoms with van der Waals surface area (Å²) >= 11 is 0. The molecule has 2 aromatic carbocycles.